The van der Waals surface area contributed by atoms with E-state index in [1.165, 1.54) is 0 Å². The number of ether oxygens (including phenoxy) is 2. The molecular weight excluding hydrogens is 416 g/mol. The van der Waals surface area contributed by atoms with Gasteiger partial charge in [-0.05, 0) is 42.3 Å². The smallest absolute Gasteiger partial charge is 0.253 e. The van der Waals surface area contributed by atoms with Gasteiger partial charge in [-0.25, -0.2) is 0 Å². The molecule has 3 rings (SSSR count). The molecule has 2 amide bonds. The molecule has 1 heterocycles. The van der Waals surface area contributed by atoms with Crippen molar-refractivity contribution in [3.63, 3.8) is 0 Å². The number of carbonyl (C=O) groups excluding carboxylic acids is 2. The van der Waals surface area contributed by atoms with Crippen LogP contribution in [0.3, 0.4) is 0 Å². The van der Waals surface area contributed by atoms with Crippen molar-refractivity contribution in [2.45, 2.75) is 19.8 Å². The summed E-state index contributed by atoms with van der Waals surface area (Å²) in [7, 11) is 3.20. The lowest BCUT2D eigenvalue weighted by Crippen LogP contribution is -2.37. The molecule has 0 bridgehead atoms. The Balaban J connectivity index is 1.94. The summed E-state index contributed by atoms with van der Waals surface area (Å²) in [5.74, 6) is 0.849. The summed E-state index contributed by atoms with van der Waals surface area (Å²) in [6, 6.07) is 12.4. The van der Waals surface area contributed by atoms with Gasteiger partial charge in [0.2, 0.25) is 5.91 Å². The molecule has 1 saturated heterocycles. The number of methoxy groups -OCH3 is 2. The summed E-state index contributed by atoms with van der Waals surface area (Å²) in [6.45, 7) is 5.40. The van der Waals surface area contributed by atoms with Crippen molar-refractivity contribution in [3.8, 4) is 11.5 Å². The lowest BCUT2D eigenvalue weighted by Gasteiger charge is -2.21. The van der Waals surface area contributed by atoms with Crippen LogP contribution >= 0.6 is 11.6 Å². The SMILES string of the molecule is COc1ccc(OC)c([C@H]2CN(C(=O)c3cccc(Cl)c3)C[C@H]2C(=O)NCC(C)C)c1. The second-order valence-electron chi connectivity index (χ2n) is 8.18. The highest BCUT2D eigenvalue weighted by atomic mass is 35.5. The van der Waals surface area contributed by atoms with Gasteiger partial charge < -0.3 is 19.7 Å². The van der Waals surface area contributed by atoms with Crippen LogP contribution in [0.15, 0.2) is 42.5 Å². The Hall–Kier alpha value is -2.73. The average molecular weight is 445 g/mol. The van der Waals surface area contributed by atoms with Gasteiger partial charge in [0.05, 0.1) is 20.1 Å². The first kappa shape index (κ1) is 22.9. The maximum atomic E-state index is 13.2. The number of likely N-dealkylation sites (tertiary alicyclic amines) is 1. The molecule has 31 heavy (non-hydrogen) atoms. The third kappa shape index (κ3) is 5.31. The average Bonchev–Trinajstić information content (AvgIpc) is 3.21. The van der Waals surface area contributed by atoms with Gasteiger partial charge in [-0.15, -0.1) is 0 Å². The molecule has 0 unspecified atom stereocenters. The minimum absolute atomic E-state index is 0.0648. The van der Waals surface area contributed by atoms with Gasteiger partial charge >= 0.3 is 0 Å². The van der Waals surface area contributed by atoms with E-state index in [0.29, 0.717) is 47.6 Å². The van der Waals surface area contributed by atoms with E-state index in [9.17, 15) is 9.59 Å². The summed E-state index contributed by atoms with van der Waals surface area (Å²) in [4.78, 5) is 28.0. The molecule has 1 fully saturated rings. The number of benzene rings is 2. The number of rotatable bonds is 7. The highest BCUT2D eigenvalue weighted by Crippen LogP contribution is 2.40. The van der Waals surface area contributed by atoms with E-state index in [1.807, 2.05) is 32.0 Å². The monoisotopic (exact) mass is 444 g/mol. The summed E-state index contributed by atoms with van der Waals surface area (Å²) >= 11 is 6.08. The highest BCUT2D eigenvalue weighted by Gasteiger charge is 2.42. The summed E-state index contributed by atoms with van der Waals surface area (Å²) in [5.41, 5.74) is 1.36. The standard InChI is InChI=1S/C24H29ClN2O4/c1-15(2)12-26-23(28)21-14-27(24(29)16-6-5-7-17(25)10-16)13-20(21)19-11-18(30-3)8-9-22(19)31-4/h5-11,15,20-21H,12-14H2,1-4H3,(H,26,28)/t20-,21-/m1/s1. The van der Waals surface area contributed by atoms with E-state index in [0.717, 1.165) is 5.56 Å². The second kappa shape index (κ2) is 10.1. The van der Waals surface area contributed by atoms with E-state index in [4.69, 9.17) is 21.1 Å². The van der Waals surface area contributed by atoms with Crippen LogP contribution in [0.5, 0.6) is 11.5 Å². The Morgan fingerprint density at radius 1 is 1.13 bits per heavy atom. The zero-order chi connectivity index (χ0) is 22.5. The van der Waals surface area contributed by atoms with Gasteiger partial charge in [0, 0.05) is 41.7 Å². The first-order valence-corrected chi connectivity index (χ1v) is 10.8. The van der Waals surface area contributed by atoms with E-state index < -0.39 is 5.92 Å². The molecule has 0 radical (unpaired) electrons. The third-order valence-electron chi connectivity index (χ3n) is 5.54. The molecule has 0 saturated carbocycles. The van der Waals surface area contributed by atoms with Gasteiger partial charge in [-0.3, -0.25) is 9.59 Å². The molecule has 7 heteroatoms. The van der Waals surface area contributed by atoms with Crippen molar-refractivity contribution in [2.75, 3.05) is 33.9 Å². The van der Waals surface area contributed by atoms with Crippen molar-refractivity contribution >= 4 is 23.4 Å². The van der Waals surface area contributed by atoms with E-state index in [2.05, 4.69) is 5.32 Å². The number of nitrogens with zero attached hydrogens (tertiary/aromatic N) is 1. The molecule has 1 aliphatic rings. The quantitative estimate of drug-likeness (QED) is 0.701. The van der Waals surface area contributed by atoms with Crippen LogP contribution in [-0.2, 0) is 4.79 Å². The van der Waals surface area contributed by atoms with Crippen LogP contribution in [-0.4, -0.2) is 50.6 Å². The zero-order valence-corrected chi connectivity index (χ0v) is 19.1. The Morgan fingerprint density at radius 3 is 2.55 bits per heavy atom. The number of halogens is 1. The van der Waals surface area contributed by atoms with Gasteiger partial charge in [-0.1, -0.05) is 31.5 Å². The zero-order valence-electron chi connectivity index (χ0n) is 18.4. The van der Waals surface area contributed by atoms with Crippen LogP contribution in [0, 0.1) is 11.8 Å². The fourth-order valence-electron chi connectivity index (χ4n) is 3.92. The maximum absolute atomic E-state index is 13.2. The predicted molar refractivity (Wildman–Crippen MR) is 121 cm³/mol. The topological polar surface area (TPSA) is 67.9 Å². The van der Waals surface area contributed by atoms with Crippen molar-refractivity contribution < 1.29 is 19.1 Å². The molecule has 166 valence electrons. The first-order valence-electron chi connectivity index (χ1n) is 10.4. The molecule has 2 aromatic rings. The molecule has 0 aromatic heterocycles. The number of amides is 2. The summed E-state index contributed by atoms with van der Waals surface area (Å²) < 4.78 is 11.0. The van der Waals surface area contributed by atoms with E-state index >= 15 is 0 Å². The molecule has 1 aliphatic heterocycles. The maximum Gasteiger partial charge on any atom is 0.253 e. The fraction of sp³-hybridized carbons (Fsp3) is 0.417. The summed E-state index contributed by atoms with van der Waals surface area (Å²) in [5, 5.41) is 3.53. The van der Waals surface area contributed by atoms with Crippen molar-refractivity contribution in [2.24, 2.45) is 11.8 Å². The van der Waals surface area contributed by atoms with Gasteiger partial charge in [-0.2, -0.15) is 0 Å². The Morgan fingerprint density at radius 2 is 1.90 bits per heavy atom. The third-order valence-corrected chi connectivity index (χ3v) is 5.77. The molecular formula is C24H29ClN2O4. The fourth-order valence-corrected chi connectivity index (χ4v) is 4.11. The molecule has 2 atom stereocenters. The molecule has 2 aromatic carbocycles. The van der Waals surface area contributed by atoms with Gasteiger partial charge in [0.25, 0.3) is 5.91 Å². The number of nitrogens with one attached hydrogen (secondary N) is 1. The van der Waals surface area contributed by atoms with E-state index in [1.54, 1.807) is 43.4 Å². The van der Waals surface area contributed by atoms with Crippen LogP contribution in [0.2, 0.25) is 5.02 Å². The lowest BCUT2D eigenvalue weighted by molar-refractivity contribution is -0.125. The van der Waals surface area contributed by atoms with E-state index in [-0.39, 0.29) is 17.7 Å². The Kier molecular flexibility index (Phi) is 7.44. The van der Waals surface area contributed by atoms with Gasteiger partial charge in [0.1, 0.15) is 11.5 Å². The normalized spacial score (nSPS) is 18.2. The van der Waals surface area contributed by atoms with Crippen LogP contribution in [0.4, 0.5) is 0 Å². The molecule has 6 nitrogen and oxygen atoms in total. The molecule has 0 aliphatic carbocycles. The Bertz CT molecular complexity index is 947. The molecule has 1 N–H and O–H groups in total. The van der Waals surface area contributed by atoms with Gasteiger partial charge in [0.15, 0.2) is 0 Å². The minimum Gasteiger partial charge on any atom is -0.497 e. The van der Waals surface area contributed by atoms with Crippen LogP contribution in [0.1, 0.15) is 35.7 Å². The number of hydrogen-bond donors (Lipinski definition) is 1. The predicted octanol–water partition coefficient (Wildman–Crippen LogP) is 3.99. The van der Waals surface area contributed by atoms with Crippen LogP contribution in [0.25, 0.3) is 0 Å². The largest absolute Gasteiger partial charge is 0.497 e. The molecule has 0 spiro atoms. The number of carbonyl (C=O) groups is 2. The summed E-state index contributed by atoms with van der Waals surface area (Å²) in [6.07, 6.45) is 0. The number of hydrogen-bond acceptors (Lipinski definition) is 4. The lowest BCUT2D eigenvalue weighted by atomic mass is 9.87. The minimum atomic E-state index is -0.400. The van der Waals surface area contributed by atoms with Crippen molar-refractivity contribution in [1.82, 2.24) is 10.2 Å². The van der Waals surface area contributed by atoms with Crippen molar-refractivity contribution in [3.05, 3.63) is 58.6 Å². The Labute approximate surface area is 188 Å². The highest BCUT2D eigenvalue weighted by molar-refractivity contribution is 6.30. The van der Waals surface area contributed by atoms with Crippen molar-refractivity contribution in [1.29, 1.82) is 0 Å². The second-order valence-corrected chi connectivity index (χ2v) is 8.62. The van der Waals surface area contributed by atoms with Crippen LogP contribution < -0.4 is 14.8 Å². The first-order chi connectivity index (χ1) is 14.8.